The number of hydrogen-bond acceptors (Lipinski definition) is 5. The van der Waals surface area contributed by atoms with Crippen LogP contribution in [-0.2, 0) is 10.0 Å². The number of aromatic nitrogens is 2. The molecule has 4 rings (SSSR count). The summed E-state index contributed by atoms with van der Waals surface area (Å²) in [5.74, 6) is 1.02. The van der Waals surface area contributed by atoms with Crippen molar-refractivity contribution < 1.29 is 13.2 Å². The van der Waals surface area contributed by atoms with Crippen LogP contribution in [0, 0.1) is 13.8 Å². The van der Waals surface area contributed by atoms with Gasteiger partial charge < -0.3 is 4.74 Å². The molecular formula is C27H29N3O4S. The van der Waals surface area contributed by atoms with Crippen molar-refractivity contribution in [2.75, 3.05) is 11.3 Å². The number of nitrogens with one attached hydrogen (secondary N) is 1. The third-order valence-electron chi connectivity index (χ3n) is 5.88. The van der Waals surface area contributed by atoms with Gasteiger partial charge in [-0.15, -0.1) is 0 Å². The molecule has 0 amide bonds. The molecule has 0 aliphatic heterocycles. The third kappa shape index (κ3) is 4.79. The Balaban J connectivity index is 1.74. The van der Waals surface area contributed by atoms with Gasteiger partial charge in [0.2, 0.25) is 0 Å². The van der Waals surface area contributed by atoms with Crippen LogP contribution < -0.4 is 15.0 Å². The molecule has 0 aliphatic rings. The summed E-state index contributed by atoms with van der Waals surface area (Å²) >= 11 is 0. The van der Waals surface area contributed by atoms with Gasteiger partial charge in [-0.05, 0) is 80.3 Å². The lowest BCUT2D eigenvalue weighted by atomic mass is 10.0. The van der Waals surface area contributed by atoms with Gasteiger partial charge in [-0.1, -0.05) is 32.0 Å². The smallest absolute Gasteiger partial charge is 0.265 e. The second kappa shape index (κ2) is 9.54. The molecule has 7 nitrogen and oxygen atoms in total. The fourth-order valence-corrected chi connectivity index (χ4v) is 5.33. The summed E-state index contributed by atoms with van der Waals surface area (Å²) < 4.78 is 36.6. The molecule has 35 heavy (non-hydrogen) atoms. The molecule has 0 spiro atoms. The Morgan fingerprint density at radius 3 is 2.46 bits per heavy atom. The summed E-state index contributed by atoms with van der Waals surface area (Å²) in [6.45, 7) is 9.75. The average molecular weight is 492 g/mol. The molecule has 0 radical (unpaired) electrons. The number of ether oxygens (including phenoxy) is 1. The lowest BCUT2D eigenvalue weighted by molar-refractivity contribution is 0.331. The van der Waals surface area contributed by atoms with Crippen molar-refractivity contribution in [2.45, 2.75) is 45.4 Å². The van der Waals surface area contributed by atoms with Gasteiger partial charge in [0.15, 0.2) is 0 Å². The molecule has 0 saturated carbocycles. The molecule has 1 heterocycles. The van der Waals surface area contributed by atoms with Crippen molar-refractivity contribution >= 4 is 26.6 Å². The number of fused-ring (bicyclic) bond motifs is 1. The largest absolute Gasteiger partial charge is 0.492 e. The Kier molecular flexibility index (Phi) is 6.67. The molecule has 0 saturated heterocycles. The van der Waals surface area contributed by atoms with E-state index in [4.69, 9.17) is 4.74 Å². The van der Waals surface area contributed by atoms with E-state index in [1.165, 1.54) is 4.57 Å². The first-order valence-electron chi connectivity index (χ1n) is 11.5. The van der Waals surface area contributed by atoms with Gasteiger partial charge in [0.05, 0.1) is 28.9 Å². The minimum atomic E-state index is -3.92. The zero-order chi connectivity index (χ0) is 25.3. The van der Waals surface area contributed by atoms with Crippen LogP contribution in [0.4, 0.5) is 5.69 Å². The number of anilines is 1. The minimum absolute atomic E-state index is 0.0971. The van der Waals surface area contributed by atoms with E-state index in [2.05, 4.69) is 9.71 Å². The first-order chi connectivity index (χ1) is 16.6. The number of para-hydroxylation sites is 1. The van der Waals surface area contributed by atoms with E-state index in [9.17, 15) is 13.2 Å². The van der Waals surface area contributed by atoms with Crippen LogP contribution in [0.2, 0.25) is 0 Å². The van der Waals surface area contributed by atoms with Gasteiger partial charge in [-0.2, -0.15) is 0 Å². The molecule has 1 N–H and O–H groups in total. The van der Waals surface area contributed by atoms with Crippen LogP contribution in [0.25, 0.3) is 16.6 Å². The molecule has 0 fully saturated rings. The van der Waals surface area contributed by atoms with Crippen molar-refractivity contribution in [3.63, 3.8) is 0 Å². The maximum absolute atomic E-state index is 13.4. The molecule has 1 aromatic heterocycles. The SMILES string of the molecule is CCOc1ccc(C(C)C)cc1S(=O)(=O)Nc1ccc(-n2c(C)nc3ccccc3c2=O)cc1C. The van der Waals surface area contributed by atoms with Crippen molar-refractivity contribution in [1.29, 1.82) is 0 Å². The number of aryl methyl sites for hydroxylation is 2. The molecule has 8 heteroatoms. The van der Waals surface area contributed by atoms with E-state index in [-0.39, 0.29) is 16.4 Å². The highest BCUT2D eigenvalue weighted by atomic mass is 32.2. The van der Waals surface area contributed by atoms with Gasteiger partial charge in [0, 0.05) is 0 Å². The van der Waals surface area contributed by atoms with Gasteiger partial charge in [0.1, 0.15) is 16.5 Å². The second-order valence-electron chi connectivity index (χ2n) is 8.72. The van der Waals surface area contributed by atoms with Gasteiger partial charge in [-0.25, -0.2) is 13.4 Å². The highest BCUT2D eigenvalue weighted by molar-refractivity contribution is 7.92. The maximum atomic E-state index is 13.4. The van der Waals surface area contributed by atoms with E-state index in [1.807, 2.05) is 39.0 Å². The Morgan fingerprint density at radius 1 is 1.03 bits per heavy atom. The zero-order valence-electron chi connectivity index (χ0n) is 20.5. The zero-order valence-corrected chi connectivity index (χ0v) is 21.3. The van der Waals surface area contributed by atoms with Crippen LogP contribution >= 0.6 is 0 Å². The number of sulfonamides is 1. The Morgan fingerprint density at radius 2 is 1.77 bits per heavy atom. The molecule has 3 aromatic carbocycles. The topological polar surface area (TPSA) is 90.3 Å². The molecule has 0 aliphatic carbocycles. The van der Waals surface area contributed by atoms with Crippen LogP contribution in [0.5, 0.6) is 5.75 Å². The van der Waals surface area contributed by atoms with E-state index in [0.717, 1.165) is 5.56 Å². The normalized spacial score (nSPS) is 11.7. The highest BCUT2D eigenvalue weighted by Gasteiger charge is 2.22. The number of rotatable bonds is 7. The van der Waals surface area contributed by atoms with E-state index in [0.29, 0.717) is 46.0 Å². The van der Waals surface area contributed by atoms with E-state index in [1.54, 1.807) is 56.3 Å². The Labute approximate surface area is 205 Å². The maximum Gasteiger partial charge on any atom is 0.265 e. The number of benzene rings is 3. The fraction of sp³-hybridized carbons (Fsp3) is 0.259. The second-order valence-corrected chi connectivity index (χ2v) is 10.4. The number of nitrogens with zero attached hydrogens (tertiary/aromatic N) is 2. The van der Waals surface area contributed by atoms with Crippen LogP contribution in [0.1, 0.15) is 43.6 Å². The van der Waals surface area contributed by atoms with Crippen molar-refractivity contribution in [3.8, 4) is 11.4 Å². The predicted octanol–water partition coefficient (Wildman–Crippen LogP) is 5.33. The molecule has 0 atom stereocenters. The van der Waals surface area contributed by atoms with Crippen LogP contribution in [0.3, 0.4) is 0 Å². The molecular weight excluding hydrogens is 462 g/mol. The standard InChI is InChI=1S/C27H29N3O4S/c1-6-34-25-14-11-20(17(2)3)16-26(25)35(32,33)29-23-13-12-21(15-18(23)4)30-19(5)28-24-10-8-7-9-22(24)27(30)31/h7-17,29H,6H2,1-5H3. The first-order valence-corrected chi connectivity index (χ1v) is 13.0. The molecule has 0 bridgehead atoms. The molecule has 4 aromatic rings. The summed E-state index contributed by atoms with van der Waals surface area (Å²) in [6, 6.07) is 17.6. The summed E-state index contributed by atoms with van der Waals surface area (Å²) in [4.78, 5) is 17.8. The van der Waals surface area contributed by atoms with E-state index < -0.39 is 10.0 Å². The summed E-state index contributed by atoms with van der Waals surface area (Å²) in [5, 5.41) is 0.522. The minimum Gasteiger partial charge on any atom is -0.492 e. The monoisotopic (exact) mass is 491 g/mol. The van der Waals surface area contributed by atoms with Crippen LogP contribution in [-0.4, -0.2) is 24.6 Å². The average Bonchev–Trinajstić information content (AvgIpc) is 2.81. The quantitative estimate of drug-likeness (QED) is 0.378. The van der Waals surface area contributed by atoms with Crippen molar-refractivity contribution in [1.82, 2.24) is 9.55 Å². The van der Waals surface area contributed by atoms with Gasteiger partial charge >= 0.3 is 0 Å². The van der Waals surface area contributed by atoms with Crippen molar-refractivity contribution in [2.24, 2.45) is 0 Å². The Hall–Kier alpha value is -3.65. The first kappa shape index (κ1) is 24.5. The Bertz CT molecular complexity index is 1570. The summed E-state index contributed by atoms with van der Waals surface area (Å²) in [6.07, 6.45) is 0. The van der Waals surface area contributed by atoms with Gasteiger partial charge in [0.25, 0.3) is 15.6 Å². The fourth-order valence-electron chi connectivity index (χ4n) is 4.02. The van der Waals surface area contributed by atoms with Crippen molar-refractivity contribution in [3.05, 3.63) is 88.0 Å². The van der Waals surface area contributed by atoms with E-state index >= 15 is 0 Å². The predicted molar refractivity (Wildman–Crippen MR) is 139 cm³/mol. The highest BCUT2D eigenvalue weighted by Crippen LogP contribution is 2.31. The molecule has 182 valence electrons. The lowest BCUT2D eigenvalue weighted by Gasteiger charge is -2.17. The summed E-state index contributed by atoms with van der Waals surface area (Å²) in [5.41, 5.74) is 3.07. The van der Waals surface area contributed by atoms with Gasteiger partial charge in [-0.3, -0.25) is 14.1 Å². The lowest BCUT2D eigenvalue weighted by Crippen LogP contribution is -2.22. The summed E-state index contributed by atoms with van der Waals surface area (Å²) in [7, 11) is -3.92. The third-order valence-corrected chi connectivity index (χ3v) is 7.27. The molecule has 0 unspecified atom stereocenters. The van der Waals surface area contributed by atoms with Crippen LogP contribution in [0.15, 0.2) is 70.4 Å². The number of hydrogen-bond donors (Lipinski definition) is 1.